The molecule has 0 atom stereocenters. The number of nitriles is 1. The van der Waals surface area contributed by atoms with Crippen LogP contribution in [0.15, 0.2) is 6.07 Å². The molecule has 2 N–H and O–H groups in total. The Bertz CT molecular complexity index is 387. The van der Waals surface area contributed by atoms with Crippen LogP contribution in [-0.2, 0) is 0 Å². The lowest BCUT2D eigenvalue weighted by Crippen LogP contribution is -2.28. The molecule has 0 unspecified atom stereocenters. The average molecular weight is 221 g/mol. The Morgan fingerprint density at radius 2 is 2.40 bits per heavy atom. The number of nitrogens with two attached hydrogens (primary N) is 1. The largest absolute Gasteiger partial charge is 0.397 e. The van der Waals surface area contributed by atoms with Crippen LogP contribution in [-0.4, -0.2) is 13.6 Å². The van der Waals surface area contributed by atoms with Crippen molar-refractivity contribution in [1.29, 1.82) is 5.26 Å². The van der Waals surface area contributed by atoms with Gasteiger partial charge in [0.05, 0.1) is 10.7 Å². The van der Waals surface area contributed by atoms with Crippen LogP contribution < -0.4 is 10.6 Å². The maximum Gasteiger partial charge on any atom is 0.129 e. The average Bonchev–Trinajstić information content (AvgIpc) is 2.53. The zero-order valence-corrected chi connectivity index (χ0v) is 9.68. The summed E-state index contributed by atoms with van der Waals surface area (Å²) in [5.74, 6) is 0.837. The Morgan fingerprint density at radius 3 is 2.87 bits per heavy atom. The molecule has 0 amide bonds. The number of hydrogen-bond acceptors (Lipinski definition) is 4. The first kappa shape index (κ1) is 10.3. The van der Waals surface area contributed by atoms with Crippen LogP contribution in [0.3, 0.4) is 0 Å². The molecule has 3 nitrogen and oxygen atoms in total. The second-order valence-electron chi connectivity index (χ2n) is 4.16. The molecule has 15 heavy (non-hydrogen) atoms. The third-order valence-corrected chi connectivity index (χ3v) is 4.15. The summed E-state index contributed by atoms with van der Waals surface area (Å²) in [6.45, 7) is 1.09. The molecule has 1 aliphatic rings. The van der Waals surface area contributed by atoms with E-state index in [0.717, 1.165) is 17.5 Å². The van der Waals surface area contributed by atoms with Crippen LogP contribution in [0.4, 0.5) is 10.7 Å². The van der Waals surface area contributed by atoms with E-state index in [4.69, 9.17) is 11.0 Å². The highest BCUT2D eigenvalue weighted by Gasteiger charge is 2.20. The molecule has 4 heteroatoms. The standard InChI is InChI=1S/C11H15N3S/c1-14(7-8-3-2-4-8)11-5-9(13)10(6-12)15-11/h5,8H,2-4,7,13H2,1H3. The molecule has 2 rings (SSSR count). The van der Waals surface area contributed by atoms with Crippen LogP contribution in [0.2, 0.25) is 0 Å². The summed E-state index contributed by atoms with van der Waals surface area (Å²) in [5.41, 5.74) is 6.34. The molecule has 1 fully saturated rings. The van der Waals surface area contributed by atoms with Gasteiger partial charge in [0.1, 0.15) is 10.9 Å². The minimum Gasteiger partial charge on any atom is -0.397 e. The molecule has 0 bridgehead atoms. The first-order valence-corrected chi connectivity index (χ1v) is 6.03. The molecular formula is C11H15N3S. The first-order valence-electron chi connectivity index (χ1n) is 5.21. The minimum atomic E-state index is 0.609. The Labute approximate surface area is 94.1 Å². The predicted molar refractivity (Wildman–Crippen MR) is 64.1 cm³/mol. The third-order valence-electron chi connectivity index (χ3n) is 2.98. The molecule has 1 aliphatic carbocycles. The van der Waals surface area contributed by atoms with Crippen molar-refractivity contribution < 1.29 is 0 Å². The number of hydrogen-bond donors (Lipinski definition) is 1. The van der Waals surface area contributed by atoms with Crippen molar-refractivity contribution >= 4 is 22.0 Å². The molecule has 80 valence electrons. The van der Waals surface area contributed by atoms with E-state index in [9.17, 15) is 0 Å². The normalized spacial score (nSPS) is 15.7. The summed E-state index contributed by atoms with van der Waals surface area (Å²) in [5, 5.41) is 9.92. The third kappa shape index (κ3) is 2.07. The zero-order valence-electron chi connectivity index (χ0n) is 8.86. The van der Waals surface area contributed by atoms with E-state index in [0.29, 0.717) is 10.6 Å². The van der Waals surface area contributed by atoms with Gasteiger partial charge in [-0.2, -0.15) is 5.26 Å². The summed E-state index contributed by atoms with van der Waals surface area (Å²) in [6.07, 6.45) is 4.06. The number of nitrogen functional groups attached to an aromatic ring is 1. The van der Waals surface area contributed by atoms with Crippen molar-refractivity contribution in [3.8, 4) is 6.07 Å². The van der Waals surface area contributed by atoms with Gasteiger partial charge in [0.2, 0.25) is 0 Å². The lowest BCUT2D eigenvalue weighted by Gasteiger charge is -2.30. The summed E-state index contributed by atoms with van der Waals surface area (Å²) in [6, 6.07) is 4.02. The van der Waals surface area contributed by atoms with Gasteiger partial charge < -0.3 is 10.6 Å². The monoisotopic (exact) mass is 221 g/mol. The van der Waals surface area contributed by atoms with Crippen molar-refractivity contribution in [3.63, 3.8) is 0 Å². The summed E-state index contributed by atoms with van der Waals surface area (Å²) in [4.78, 5) is 2.84. The van der Waals surface area contributed by atoms with Crippen LogP contribution in [0.25, 0.3) is 0 Å². The van der Waals surface area contributed by atoms with Crippen LogP contribution in [0, 0.1) is 17.2 Å². The van der Waals surface area contributed by atoms with Gasteiger partial charge in [0.15, 0.2) is 0 Å². The van der Waals surface area contributed by atoms with Crippen molar-refractivity contribution in [2.45, 2.75) is 19.3 Å². The predicted octanol–water partition coefficient (Wildman–Crippen LogP) is 2.44. The van der Waals surface area contributed by atoms with E-state index >= 15 is 0 Å². The van der Waals surface area contributed by atoms with Crippen molar-refractivity contribution in [3.05, 3.63) is 10.9 Å². The van der Waals surface area contributed by atoms with E-state index in [-0.39, 0.29) is 0 Å². The van der Waals surface area contributed by atoms with Gasteiger partial charge in [-0.05, 0) is 24.8 Å². The molecule has 0 spiro atoms. The maximum absolute atomic E-state index is 8.81. The molecule has 1 heterocycles. The Morgan fingerprint density at radius 1 is 1.67 bits per heavy atom. The molecular weight excluding hydrogens is 206 g/mol. The molecule has 1 aromatic heterocycles. The molecule has 1 aromatic rings. The fourth-order valence-corrected chi connectivity index (χ4v) is 2.67. The zero-order chi connectivity index (χ0) is 10.8. The highest BCUT2D eigenvalue weighted by Crippen LogP contribution is 2.33. The second-order valence-corrected chi connectivity index (χ2v) is 5.19. The topological polar surface area (TPSA) is 53.0 Å². The minimum absolute atomic E-state index is 0.609. The molecule has 1 saturated carbocycles. The number of anilines is 2. The lowest BCUT2D eigenvalue weighted by atomic mass is 9.85. The fraction of sp³-hybridized carbons (Fsp3) is 0.545. The van der Waals surface area contributed by atoms with Crippen molar-refractivity contribution in [1.82, 2.24) is 0 Å². The maximum atomic E-state index is 8.81. The molecule has 0 saturated heterocycles. The fourth-order valence-electron chi connectivity index (χ4n) is 1.82. The molecule has 0 aromatic carbocycles. The van der Waals surface area contributed by atoms with E-state index < -0.39 is 0 Å². The lowest BCUT2D eigenvalue weighted by molar-refractivity contribution is 0.322. The molecule has 0 radical (unpaired) electrons. The van der Waals surface area contributed by atoms with Crippen LogP contribution >= 0.6 is 11.3 Å². The van der Waals surface area contributed by atoms with E-state index in [1.807, 2.05) is 6.07 Å². The van der Waals surface area contributed by atoms with Gasteiger partial charge in [-0.3, -0.25) is 0 Å². The Kier molecular flexibility index (Phi) is 2.83. The highest BCUT2D eigenvalue weighted by molar-refractivity contribution is 7.17. The number of nitrogens with zero attached hydrogens (tertiary/aromatic N) is 2. The second kappa shape index (κ2) is 4.11. The van der Waals surface area contributed by atoms with Crippen LogP contribution in [0.5, 0.6) is 0 Å². The van der Waals surface area contributed by atoms with E-state index in [1.165, 1.54) is 30.6 Å². The van der Waals surface area contributed by atoms with Crippen LogP contribution in [0.1, 0.15) is 24.1 Å². The first-order chi connectivity index (χ1) is 7.20. The van der Waals surface area contributed by atoms with Gasteiger partial charge in [-0.15, -0.1) is 11.3 Å². The quantitative estimate of drug-likeness (QED) is 0.853. The summed E-state index contributed by atoms with van der Waals surface area (Å²) >= 11 is 1.48. The SMILES string of the molecule is CN(CC1CCC1)c1cc(N)c(C#N)s1. The number of rotatable bonds is 3. The van der Waals surface area contributed by atoms with Gasteiger partial charge in [-0.1, -0.05) is 6.42 Å². The Hall–Kier alpha value is -1.21. The van der Waals surface area contributed by atoms with Gasteiger partial charge in [0.25, 0.3) is 0 Å². The van der Waals surface area contributed by atoms with E-state index in [1.54, 1.807) is 0 Å². The Balaban J connectivity index is 2.04. The summed E-state index contributed by atoms with van der Waals surface area (Å²) < 4.78 is 0. The van der Waals surface area contributed by atoms with Gasteiger partial charge >= 0.3 is 0 Å². The summed E-state index contributed by atoms with van der Waals surface area (Å²) in [7, 11) is 2.07. The van der Waals surface area contributed by atoms with Gasteiger partial charge in [-0.25, -0.2) is 0 Å². The van der Waals surface area contributed by atoms with Crippen molar-refractivity contribution in [2.75, 3.05) is 24.2 Å². The number of thiophene rings is 1. The van der Waals surface area contributed by atoms with E-state index in [2.05, 4.69) is 18.0 Å². The highest BCUT2D eigenvalue weighted by atomic mass is 32.1. The van der Waals surface area contributed by atoms with Gasteiger partial charge in [0, 0.05) is 13.6 Å². The smallest absolute Gasteiger partial charge is 0.129 e. The molecule has 0 aliphatic heterocycles. The van der Waals surface area contributed by atoms with Crippen molar-refractivity contribution in [2.24, 2.45) is 5.92 Å².